The maximum Gasteiger partial charge on any atom is 0.416 e. The quantitative estimate of drug-likeness (QED) is 0.138. The van der Waals surface area contributed by atoms with Gasteiger partial charge in [0.1, 0.15) is 12.7 Å². The molecule has 2 aliphatic heterocycles. The Morgan fingerprint density at radius 2 is 1.16 bits per heavy atom. The maximum absolute atomic E-state index is 13.0. The van der Waals surface area contributed by atoms with E-state index in [9.17, 15) is 45.5 Å². The molecule has 312 valence electrons. The normalized spacial score (nSPS) is 14.3. The van der Waals surface area contributed by atoms with Gasteiger partial charge in [0.15, 0.2) is 11.6 Å². The number of amides is 1. The van der Waals surface area contributed by atoms with Gasteiger partial charge in [-0.25, -0.2) is 24.1 Å². The van der Waals surface area contributed by atoms with Crippen LogP contribution < -0.4 is 5.32 Å². The van der Waals surface area contributed by atoms with Crippen LogP contribution in [0.2, 0.25) is 0 Å². The number of carbonyl (C=O) groups is 4. The van der Waals surface area contributed by atoms with Gasteiger partial charge in [-0.15, -0.1) is 22.6 Å². The smallest absolute Gasteiger partial charge is 0.416 e. The number of methoxy groups -OCH3 is 2. The number of nitrogens with zero attached hydrogens (tertiary/aromatic N) is 7. The van der Waals surface area contributed by atoms with Gasteiger partial charge in [0.25, 0.3) is 0 Å². The Morgan fingerprint density at radius 3 is 1.52 bits per heavy atom. The third-order valence-corrected chi connectivity index (χ3v) is 8.13. The van der Waals surface area contributed by atoms with Gasteiger partial charge in [-0.05, 0) is 61.4 Å². The highest BCUT2D eigenvalue weighted by atomic mass is 35.5. The minimum atomic E-state index is -4.46. The van der Waals surface area contributed by atoms with Crippen molar-refractivity contribution in [2.45, 2.75) is 26.2 Å². The second-order valence-corrected chi connectivity index (χ2v) is 12.6. The topological polar surface area (TPSA) is 184 Å². The predicted octanol–water partition coefficient (Wildman–Crippen LogP) is 5.00. The summed E-state index contributed by atoms with van der Waals surface area (Å²) in [6, 6.07) is 7.09. The molecule has 2 saturated heterocycles. The van der Waals surface area contributed by atoms with Gasteiger partial charge in [-0.3, -0.25) is 14.4 Å². The number of rotatable bonds is 8. The molecule has 22 heteroatoms. The van der Waals surface area contributed by atoms with Crippen molar-refractivity contribution in [3.05, 3.63) is 83.5 Å². The lowest BCUT2D eigenvalue weighted by molar-refractivity contribution is -0.154. The van der Waals surface area contributed by atoms with E-state index in [4.69, 9.17) is 5.11 Å². The number of aryl methyl sites for hydroxylation is 2. The zero-order valence-corrected chi connectivity index (χ0v) is 31.9. The van der Waals surface area contributed by atoms with Gasteiger partial charge in [0.05, 0.1) is 37.2 Å². The lowest BCUT2D eigenvalue weighted by Crippen LogP contribution is -2.52. The van der Waals surface area contributed by atoms with Crippen LogP contribution in [0.1, 0.15) is 22.3 Å². The van der Waals surface area contributed by atoms with Crippen molar-refractivity contribution in [2.75, 3.05) is 40.4 Å². The molecule has 0 atom stereocenters. The summed E-state index contributed by atoms with van der Waals surface area (Å²) >= 11 is 0. The Bertz CT molecular complexity index is 2140. The van der Waals surface area contributed by atoms with E-state index in [2.05, 4.69) is 35.0 Å². The monoisotopic (exact) mass is 842 g/mol. The van der Waals surface area contributed by atoms with Crippen LogP contribution in [-0.2, 0) is 41.0 Å². The number of aromatic nitrogens is 6. The standard InChI is InChI=1S/C18H17F3N4O3.C13H10F3N3O2.C5H9NO2.ClH/c1-11-5-12(7-14(6-11)18(19,20)21)16-22-10-25(23-16)4-3-15(26)24-8-13(9-24)17(27)28-2;1-8-4-9(6-10(5-8)13(14,15)16)12-17-7-19(18-12)3-2-11(20)21;1-8-5(7)4-2-6-3-4;/h3-7,10,13H,8-9H2,1-2H3;2-7H,1H3,(H,20,21);4,6H,2-3H2,1H3;1H/b4-3-;3-2-;;. The number of carboxylic acids is 1. The summed E-state index contributed by atoms with van der Waals surface area (Å²) in [5.74, 6) is -1.92. The summed E-state index contributed by atoms with van der Waals surface area (Å²) < 4.78 is 88.6. The van der Waals surface area contributed by atoms with Crippen LogP contribution in [0.4, 0.5) is 26.3 Å². The summed E-state index contributed by atoms with van der Waals surface area (Å²) in [6.45, 7) is 5.23. The fourth-order valence-electron chi connectivity index (χ4n) is 5.09. The molecule has 2 aromatic heterocycles. The molecular formula is C36H37ClF6N8O7. The van der Waals surface area contributed by atoms with Crippen LogP contribution in [0.25, 0.3) is 35.2 Å². The van der Waals surface area contributed by atoms with Crippen molar-refractivity contribution in [3.8, 4) is 22.8 Å². The molecule has 4 aromatic rings. The molecule has 0 aliphatic carbocycles. The van der Waals surface area contributed by atoms with Crippen molar-refractivity contribution >= 4 is 48.6 Å². The highest BCUT2D eigenvalue weighted by Crippen LogP contribution is 2.33. The highest BCUT2D eigenvalue weighted by molar-refractivity contribution is 5.92. The number of benzene rings is 2. The molecule has 0 unspecified atom stereocenters. The summed E-state index contributed by atoms with van der Waals surface area (Å²) in [4.78, 5) is 53.6. The molecule has 1 amide bonds. The van der Waals surface area contributed by atoms with Crippen LogP contribution >= 0.6 is 12.4 Å². The first-order chi connectivity index (χ1) is 26.8. The molecule has 2 aliphatic rings. The summed E-state index contributed by atoms with van der Waals surface area (Å²) in [7, 11) is 2.71. The van der Waals surface area contributed by atoms with E-state index in [1.807, 2.05) is 0 Å². The van der Waals surface area contributed by atoms with Crippen LogP contribution in [0, 0.1) is 25.7 Å². The average Bonchev–Trinajstić information content (AvgIpc) is 3.78. The van der Waals surface area contributed by atoms with Crippen molar-refractivity contribution in [3.63, 3.8) is 0 Å². The Hall–Kier alpha value is -6.09. The van der Waals surface area contributed by atoms with Crippen molar-refractivity contribution in [2.24, 2.45) is 11.8 Å². The molecule has 0 radical (unpaired) electrons. The maximum atomic E-state index is 13.0. The van der Waals surface area contributed by atoms with Gasteiger partial charge in [0.2, 0.25) is 5.91 Å². The highest BCUT2D eigenvalue weighted by Gasteiger charge is 2.36. The third-order valence-electron chi connectivity index (χ3n) is 8.13. The number of carboxylic acid groups (broad SMARTS) is 1. The molecule has 6 rings (SSSR count). The first-order valence-electron chi connectivity index (χ1n) is 16.7. The molecule has 0 spiro atoms. The number of likely N-dealkylation sites (tertiary alicyclic amines) is 1. The Labute approximate surface area is 332 Å². The number of halogens is 7. The minimum absolute atomic E-state index is 0. The van der Waals surface area contributed by atoms with E-state index >= 15 is 0 Å². The van der Waals surface area contributed by atoms with Crippen molar-refractivity contribution in [1.82, 2.24) is 39.7 Å². The van der Waals surface area contributed by atoms with Crippen LogP contribution in [-0.4, -0.2) is 104 Å². The van der Waals surface area contributed by atoms with E-state index in [-0.39, 0.29) is 78.0 Å². The number of nitrogens with one attached hydrogen (secondary N) is 1. The van der Waals surface area contributed by atoms with Gasteiger partial charge < -0.3 is 24.8 Å². The second-order valence-electron chi connectivity index (χ2n) is 12.6. The Kier molecular flexibility index (Phi) is 15.9. The molecule has 0 saturated carbocycles. The van der Waals surface area contributed by atoms with E-state index in [0.717, 1.165) is 54.3 Å². The van der Waals surface area contributed by atoms with Crippen LogP contribution in [0.3, 0.4) is 0 Å². The molecule has 2 aromatic carbocycles. The van der Waals surface area contributed by atoms with E-state index in [0.29, 0.717) is 11.1 Å². The number of alkyl halides is 6. The fraction of sp³-hybridized carbons (Fsp3) is 0.333. The fourth-order valence-corrected chi connectivity index (χ4v) is 5.09. The zero-order valence-electron chi connectivity index (χ0n) is 31.1. The lowest BCUT2D eigenvalue weighted by Gasteiger charge is -2.36. The number of esters is 2. The SMILES string of the molecule is COC(=O)C1CN(C(=O)/C=C\n2cnc(-c3cc(C)cc(C(F)(F)F)c3)n2)C1.COC(=O)C1CNC1.Cc1cc(-c2ncn(/C=C\C(=O)O)n2)cc(C(F)(F)F)c1.Cl. The molecule has 58 heavy (non-hydrogen) atoms. The van der Waals surface area contributed by atoms with Gasteiger partial charge in [0, 0.05) is 61.9 Å². The largest absolute Gasteiger partial charge is 0.478 e. The van der Waals surface area contributed by atoms with Crippen LogP contribution in [0.5, 0.6) is 0 Å². The van der Waals surface area contributed by atoms with E-state index in [1.54, 1.807) is 19.9 Å². The van der Waals surface area contributed by atoms with Crippen molar-refractivity contribution in [1.29, 1.82) is 0 Å². The third kappa shape index (κ3) is 13.0. The summed E-state index contributed by atoms with van der Waals surface area (Å²) in [5, 5.41) is 19.5. The average molecular weight is 843 g/mol. The lowest BCUT2D eigenvalue weighted by atomic mass is 10.0. The Balaban J connectivity index is 0.000000263. The molecule has 0 bridgehead atoms. The van der Waals surface area contributed by atoms with Crippen molar-refractivity contribution < 1.29 is 60.1 Å². The molecule has 4 heterocycles. The van der Waals surface area contributed by atoms with Gasteiger partial charge in [-0.2, -0.15) is 26.3 Å². The summed E-state index contributed by atoms with van der Waals surface area (Å²) in [6.07, 6.45) is -1.82. The number of ether oxygens (including phenoxy) is 2. The zero-order chi connectivity index (χ0) is 42.1. The Morgan fingerprint density at radius 1 is 0.724 bits per heavy atom. The number of hydrogen-bond acceptors (Lipinski definition) is 11. The second kappa shape index (κ2) is 19.9. The molecule has 2 N–H and O–H groups in total. The van der Waals surface area contributed by atoms with Gasteiger partial charge in [-0.1, -0.05) is 0 Å². The number of aliphatic carboxylic acids is 1. The first kappa shape index (κ1) is 46.3. The van der Waals surface area contributed by atoms with E-state index < -0.39 is 29.4 Å². The summed E-state index contributed by atoms with van der Waals surface area (Å²) in [5.41, 5.74) is -0.251. The minimum Gasteiger partial charge on any atom is -0.478 e. The number of hydrogen-bond donors (Lipinski definition) is 2. The number of carbonyl (C=O) groups excluding carboxylic acids is 3. The van der Waals surface area contributed by atoms with Gasteiger partial charge >= 0.3 is 30.3 Å². The first-order valence-corrected chi connectivity index (χ1v) is 16.7. The molecule has 15 nitrogen and oxygen atoms in total. The predicted molar refractivity (Wildman–Crippen MR) is 196 cm³/mol. The molecule has 2 fully saturated rings. The van der Waals surface area contributed by atoms with E-state index in [1.165, 1.54) is 54.8 Å². The molecular weight excluding hydrogens is 806 g/mol. The van der Waals surface area contributed by atoms with Crippen LogP contribution in [0.15, 0.2) is 61.2 Å².